The molecular weight excluding hydrogens is 536 g/mol. The second-order valence-corrected chi connectivity index (χ2v) is 10.9. The van der Waals surface area contributed by atoms with E-state index in [2.05, 4.69) is 16.0 Å². The first-order valence-electron chi connectivity index (χ1n) is 13.4. The van der Waals surface area contributed by atoms with Gasteiger partial charge in [-0.2, -0.15) is 0 Å². The highest BCUT2D eigenvalue weighted by molar-refractivity contribution is 6.11. The Hall–Kier alpha value is -4.99. The molecule has 42 heavy (non-hydrogen) atoms. The van der Waals surface area contributed by atoms with Crippen molar-refractivity contribution in [2.45, 2.75) is 40.2 Å². The van der Waals surface area contributed by atoms with E-state index in [1.54, 1.807) is 81.4 Å². The van der Waals surface area contributed by atoms with Crippen LogP contribution in [-0.2, 0) is 9.47 Å². The first-order valence-corrected chi connectivity index (χ1v) is 13.4. The predicted octanol–water partition coefficient (Wildman–Crippen LogP) is 5.63. The summed E-state index contributed by atoms with van der Waals surface area (Å²) < 4.78 is 10.2. The zero-order valence-corrected chi connectivity index (χ0v) is 24.6. The predicted molar refractivity (Wildman–Crippen MR) is 161 cm³/mol. The number of nitrogens with one attached hydrogen (secondary N) is 4. The maximum absolute atomic E-state index is 13.4. The van der Waals surface area contributed by atoms with Gasteiger partial charge in [-0.05, 0) is 80.3 Å². The molecule has 0 aliphatic rings. The van der Waals surface area contributed by atoms with Gasteiger partial charge in [-0.15, -0.1) is 0 Å². The van der Waals surface area contributed by atoms with Crippen molar-refractivity contribution in [2.75, 3.05) is 19.0 Å². The number of carbonyl (C=O) groups excluding carboxylic acids is 4. The first-order chi connectivity index (χ1) is 19.8. The summed E-state index contributed by atoms with van der Waals surface area (Å²) in [5.41, 5.74) is 1.83. The van der Waals surface area contributed by atoms with E-state index in [0.29, 0.717) is 40.0 Å². The van der Waals surface area contributed by atoms with Crippen molar-refractivity contribution in [3.05, 3.63) is 89.0 Å². The fraction of sp³-hybridized carbons (Fsp3) is 0.281. The highest BCUT2D eigenvalue weighted by atomic mass is 16.6. The lowest BCUT2D eigenvalue weighted by Gasteiger charge is -2.19. The van der Waals surface area contributed by atoms with Crippen LogP contribution in [0, 0.1) is 11.3 Å². The molecule has 4 N–H and O–H groups in total. The molecule has 220 valence electrons. The SMILES string of the molecule is COC(=O)c1cc(C(=O)NCC(C)C)ccc1-c1ccccc1C(=O)Nc1ccc(C(=N)NC(=O)OC(C)(C)C)cc1. The maximum atomic E-state index is 13.4. The summed E-state index contributed by atoms with van der Waals surface area (Å²) in [6.07, 6.45) is -0.739. The Balaban J connectivity index is 1.84. The standard InChI is InChI=1S/C32H36N4O6/c1-19(2)18-34-28(37)21-13-16-24(26(17-21)30(39)41-6)23-9-7-8-10-25(23)29(38)35-22-14-11-20(12-15-22)27(33)36-31(40)42-32(3,4)5/h7-17,19H,18H2,1-6H3,(H,34,37)(H,35,38)(H2,33,36,40). The number of hydrogen-bond donors (Lipinski definition) is 4. The number of carbonyl (C=O) groups is 4. The minimum Gasteiger partial charge on any atom is -0.465 e. The van der Waals surface area contributed by atoms with Crippen molar-refractivity contribution in [1.29, 1.82) is 5.41 Å². The molecule has 0 saturated heterocycles. The third-order valence-corrected chi connectivity index (χ3v) is 5.88. The summed E-state index contributed by atoms with van der Waals surface area (Å²) in [4.78, 5) is 50.7. The molecule has 0 fully saturated rings. The number of amides is 3. The molecule has 3 rings (SSSR count). The summed E-state index contributed by atoms with van der Waals surface area (Å²) in [5.74, 6) is -1.28. The summed E-state index contributed by atoms with van der Waals surface area (Å²) in [5, 5.41) is 16.2. The van der Waals surface area contributed by atoms with Crippen LogP contribution in [0.2, 0.25) is 0 Å². The van der Waals surface area contributed by atoms with Gasteiger partial charge in [0.15, 0.2) is 0 Å². The minimum absolute atomic E-state index is 0.148. The van der Waals surface area contributed by atoms with Gasteiger partial charge in [0.2, 0.25) is 0 Å². The number of ether oxygens (including phenoxy) is 2. The Kier molecular flexibility index (Phi) is 10.2. The summed E-state index contributed by atoms with van der Waals surface area (Å²) in [6.45, 7) is 9.63. The van der Waals surface area contributed by atoms with E-state index in [1.165, 1.54) is 13.2 Å². The van der Waals surface area contributed by atoms with E-state index in [-0.39, 0.29) is 23.2 Å². The lowest BCUT2D eigenvalue weighted by Crippen LogP contribution is -2.36. The largest absolute Gasteiger partial charge is 0.465 e. The Bertz CT molecular complexity index is 1490. The van der Waals surface area contributed by atoms with Crippen LogP contribution < -0.4 is 16.0 Å². The molecule has 0 aliphatic carbocycles. The molecule has 0 aromatic heterocycles. The van der Waals surface area contributed by atoms with Crippen LogP contribution in [0.25, 0.3) is 11.1 Å². The Labute approximate surface area is 245 Å². The fourth-order valence-electron chi connectivity index (χ4n) is 3.91. The lowest BCUT2D eigenvalue weighted by molar-refractivity contribution is 0.0560. The normalized spacial score (nSPS) is 10.9. The Morgan fingerprint density at radius 3 is 2.07 bits per heavy atom. The van der Waals surface area contributed by atoms with E-state index in [0.717, 1.165) is 0 Å². The smallest absolute Gasteiger partial charge is 0.413 e. The number of rotatable bonds is 8. The van der Waals surface area contributed by atoms with E-state index >= 15 is 0 Å². The van der Waals surface area contributed by atoms with Crippen molar-refractivity contribution < 1.29 is 28.7 Å². The van der Waals surface area contributed by atoms with Crippen molar-refractivity contribution in [1.82, 2.24) is 10.6 Å². The highest BCUT2D eigenvalue weighted by Gasteiger charge is 2.21. The monoisotopic (exact) mass is 572 g/mol. The molecule has 3 aromatic carbocycles. The van der Waals surface area contributed by atoms with Gasteiger partial charge >= 0.3 is 12.1 Å². The topological polar surface area (TPSA) is 147 Å². The fourth-order valence-corrected chi connectivity index (χ4v) is 3.91. The van der Waals surface area contributed by atoms with Gasteiger partial charge in [0.1, 0.15) is 11.4 Å². The molecular formula is C32H36N4O6. The molecule has 10 heteroatoms. The number of esters is 1. The van der Waals surface area contributed by atoms with Gasteiger partial charge in [-0.1, -0.05) is 38.1 Å². The van der Waals surface area contributed by atoms with E-state index in [1.807, 2.05) is 13.8 Å². The van der Waals surface area contributed by atoms with Crippen LogP contribution in [0.4, 0.5) is 10.5 Å². The second kappa shape index (κ2) is 13.6. The van der Waals surface area contributed by atoms with Crippen molar-refractivity contribution in [3.8, 4) is 11.1 Å². The van der Waals surface area contributed by atoms with Crippen LogP contribution in [0.1, 0.15) is 71.3 Å². The number of benzene rings is 3. The summed E-state index contributed by atoms with van der Waals surface area (Å²) in [7, 11) is 1.25. The van der Waals surface area contributed by atoms with Gasteiger partial charge in [0, 0.05) is 28.9 Å². The number of amidine groups is 1. The molecule has 0 heterocycles. The van der Waals surface area contributed by atoms with E-state index in [9.17, 15) is 19.2 Å². The molecule has 0 atom stereocenters. The second-order valence-electron chi connectivity index (χ2n) is 10.9. The zero-order chi connectivity index (χ0) is 31.0. The van der Waals surface area contributed by atoms with Crippen molar-refractivity contribution in [3.63, 3.8) is 0 Å². The number of alkyl carbamates (subject to hydrolysis) is 1. The highest BCUT2D eigenvalue weighted by Crippen LogP contribution is 2.29. The lowest BCUT2D eigenvalue weighted by atomic mass is 9.93. The van der Waals surface area contributed by atoms with Crippen LogP contribution in [0.5, 0.6) is 0 Å². The molecule has 0 saturated carbocycles. The van der Waals surface area contributed by atoms with E-state index < -0.39 is 23.6 Å². The number of hydrogen-bond acceptors (Lipinski definition) is 7. The zero-order valence-electron chi connectivity index (χ0n) is 24.6. The summed E-state index contributed by atoms with van der Waals surface area (Å²) in [6, 6.07) is 17.9. The van der Waals surface area contributed by atoms with Gasteiger partial charge in [0.05, 0.1) is 12.7 Å². The van der Waals surface area contributed by atoms with Gasteiger partial charge in [-0.25, -0.2) is 9.59 Å². The van der Waals surface area contributed by atoms with Crippen molar-refractivity contribution in [2.24, 2.45) is 5.92 Å². The first kappa shape index (κ1) is 31.5. The summed E-state index contributed by atoms with van der Waals surface area (Å²) >= 11 is 0. The van der Waals surface area contributed by atoms with Crippen LogP contribution in [0.15, 0.2) is 66.7 Å². The molecule has 0 unspecified atom stereocenters. The Morgan fingerprint density at radius 1 is 0.833 bits per heavy atom. The molecule has 0 radical (unpaired) electrons. The molecule has 0 bridgehead atoms. The van der Waals surface area contributed by atoms with Gasteiger partial charge in [0.25, 0.3) is 11.8 Å². The molecule has 0 aliphatic heterocycles. The third kappa shape index (κ3) is 8.50. The molecule has 0 spiro atoms. The quantitative estimate of drug-likeness (QED) is 0.156. The van der Waals surface area contributed by atoms with Gasteiger partial charge in [-0.3, -0.25) is 20.3 Å². The van der Waals surface area contributed by atoms with Gasteiger partial charge < -0.3 is 20.1 Å². The van der Waals surface area contributed by atoms with Crippen LogP contribution in [-0.4, -0.2) is 49.0 Å². The van der Waals surface area contributed by atoms with Crippen molar-refractivity contribution >= 4 is 35.4 Å². The average Bonchev–Trinajstić information content (AvgIpc) is 2.94. The van der Waals surface area contributed by atoms with Crippen LogP contribution in [0.3, 0.4) is 0 Å². The number of anilines is 1. The molecule has 3 amide bonds. The average molecular weight is 573 g/mol. The molecule has 10 nitrogen and oxygen atoms in total. The van der Waals surface area contributed by atoms with Crippen LogP contribution >= 0.6 is 0 Å². The third-order valence-electron chi connectivity index (χ3n) is 5.88. The number of methoxy groups -OCH3 is 1. The Morgan fingerprint density at radius 2 is 1.45 bits per heavy atom. The molecule has 3 aromatic rings. The van der Waals surface area contributed by atoms with E-state index in [4.69, 9.17) is 14.9 Å². The minimum atomic E-state index is -0.739. The maximum Gasteiger partial charge on any atom is 0.413 e.